The minimum Gasteiger partial charge on any atom is -0.457 e. The lowest BCUT2D eigenvalue weighted by Crippen LogP contribution is -1.95. The van der Waals surface area contributed by atoms with Crippen LogP contribution in [0.3, 0.4) is 0 Å². The molecule has 19 heavy (non-hydrogen) atoms. The molecule has 0 aliphatic rings. The summed E-state index contributed by atoms with van der Waals surface area (Å²) in [5.74, 6) is 0.906. The van der Waals surface area contributed by atoms with Crippen LogP contribution in [-0.2, 0) is 6.61 Å². The van der Waals surface area contributed by atoms with E-state index < -0.39 is 4.92 Å². The highest BCUT2D eigenvalue weighted by atomic mass is 35.5. The second-order valence-electron chi connectivity index (χ2n) is 3.76. The van der Waals surface area contributed by atoms with Gasteiger partial charge in [0.05, 0.1) is 11.5 Å². The largest absolute Gasteiger partial charge is 0.457 e. The number of aliphatic hydroxyl groups is 1. The van der Waals surface area contributed by atoms with Crippen LogP contribution in [0.25, 0.3) is 0 Å². The zero-order chi connectivity index (χ0) is 13.8. The highest BCUT2D eigenvalue weighted by Gasteiger charge is 2.11. The van der Waals surface area contributed by atoms with Crippen molar-refractivity contribution in [1.29, 1.82) is 0 Å². The van der Waals surface area contributed by atoms with Gasteiger partial charge in [-0.1, -0.05) is 11.6 Å². The zero-order valence-corrected chi connectivity index (χ0v) is 10.5. The highest BCUT2D eigenvalue weighted by molar-refractivity contribution is 6.30. The van der Waals surface area contributed by atoms with Crippen molar-refractivity contribution in [3.05, 3.63) is 63.2 Å². The average Bonchev–Trinajstić information content (AvgIpc) is 2.41. The molecule has 0 saturated carbocycles. The molecule has 2 aromatic carbocycles. The Morgan fingerprint density at radius 1 is 1.21 bits per heavy atom. The molecule has 0 bridgehead atoms. The molecule has 0 heterocycles. The SMILES string of the molecule is O=[N+]([O-])c1ccc(Oc2ccc(Cl)cc2)c(CO)c1. The monoisotopic (exact) mass is 279 g/mol. The summed E-state index contributed by atoms with van der Waals surface area (Å²) < 4.78 is 5.55. The summed E-state index contributed by atoms with van der Waals surface area (Å²) in [6.07, 6.45) is 0. The number of rotatable bonds is 4. The van der Waals surface area contributed by atoms with Crippen LogP contribution < -0.4 is 4.74 Å². The number of hydrogen-bond acceptors (Lipinski definition) is 4. The molecule has 0 atom stereocenters. The first-order valence-corrected chi connectivity index (χ1v) is 5.79. The van der Waals surface area contributed by atoms with Crippen molar-refractivity contribution in [3.63, 3.8) is 0 Å². The third-order valence-corrected chi connectivity index (χ3v) is 2.72. The van der Waals surface area contributed by atoms with Gasteiger partial charge in [-0.3, -0.25) is 10.1 Å². The van der Waals surface area contributed by atoms with Gasteiger partial charge in [-0.05, 0) is 30.3 Å². The lowest BCUT2D eigenvalue weighted by molar-refractivity contribution is -0.385. The molecule has 1 N–H and O–H groups in total. The number of nitro groups is 1. The molecular weight excluding hydrogens is 270 g/mol. The van der Waals surface area contributed by atoms with Crippen LogP contribution in [0.5, 0.6) is 11.5 Å². The lowest BCUT2D eigenvalue weighted by atomic mass is 10.2. The number of aliphatic hydroxyl groups excluding tert-OH is 1. The average molecular weight is 280 g/mol. The Kier molecular flexibility index (Phi) is 3.99. The molecule has 0 spiro atoms. The highest BCUT2D eigenvalue weighted by Crippen LogP contribution is 2.29. The molecular formula is C13H10ClNO4. The quantitative estimate of drug-likeness (QED) is 0.686. The van der Waals surface area contributed by atoms with E-state index >= 15 is 0 Å². The summed E-state index contributed by atoms with van der Waals surface area (Å²) in [4.78, 5) is 10.1. The molecule has 98 valence electrons. The maximum Gasteiger partial charge on any atom is 0.270 e. The predicted octanol–water partition coefficient (Wildman–Crippen LogP) is 3.53. The molecule has 2 rings (SSSR count). The Morgan fingerprint density at radius 2 is 1.89 bits per heavy atom. The van der Waals surface area contributed by atoms with E-state index in [1.807, 2.05) is 0 Å². The van der Waals surface area contributed by atoms with Crippen LogP contribution in [0.1, 0.15) is 5.56 Å². The van der Waals surface area contributed by atoms with E-state index in [2.05, 4.69) is 0 Å². The number of non-ortho nitro benzene ring substituents is 1. The van der Waals surface area contributed by atoms with E-state index in [9.17, 15) is 15.2 Å². The van der Waals surface area contributed by atoms with Crippen LogP contribution in [-0.4, -0.2) is 10.0 Å². The summed E-state index contributed by atoms with van der Waals surface area (Å²) in [7, 11) is 0. The van der Waals surface area contributed by atoms with Crippen molar-refractivity contribution in [3.8, 4) is 11.5 Å². The Bertz CT molecular complexity index is 598. The van der Waals surface area contributed by atoms with Crippen molar-refractivity contribution in [2.45, 2.75) is 6.61 Å². The van der Waals surface area contributed by atoms with Gasteiger partial charge < -0.3 is 9.84 Å². The maximum atomic E-state index is 10.6. The van der Waals surface area contributed by atoms with Gasteiger partial charge in [0.15, 0.2) is 0 Å². The number of nitrogens with zero attached hydrogens (tertiary/aromatic N) is 1. The molecule has 0 radical (unpaired) electrons. The smallest absolute Gasteiger partial charge is 0.270 e. The van der Waals surface area contributed by atoms with Crippen LogP contribution in [0, 0.1) is 10.1 Å². The third-order valence-electron chi connectivity index (χ3n) is 2.47. The summed E-state index contributed by atoms with van der Waals surface area (Å²) in [5.41, 5.74) is 0.261. The Morgan fingerprint density at radius 3 is 2.47 bits per heavy atom. The van der Waals surface area contributed by atoms with Crippen molar-refractivity contribution < 1.29 is 14.8 Å². The topological polar surface area (TPSA) is 72.6 Å². The molecule has 6 heteroatoms. The summed E-state index contributed by atoms with van der Waals surface area (Å²) in [6, 6.07) is 10.7. The fourth-order valence-electron chi connectivity index (χ4n) is 1.53. The van der Waals surface area contributed by atoms with Gasteiger partial charge in [0.2, 0.25) is 0 Å². The number of nitro benzene ring substituents is 1. The van der Waals surface area contributed by atoms with Crippen LogP contribution in [0.2, 0.25) is 5.02 Å². The second kappa shape index (κ2) is 5.69. The molecule has 0 unspecified atom stereocenters. The van der Waals surface area contributed by atoms with Gasteiger partial charge in [0, 0.05) is 22.7 Å². The molecule has 0 saturated heterocycles. The minimum absolute atomic E-state index is 0.0903. The van der Waals surface area contributed by atoms with Crippen molar-refractivity contribution in [2.24, 2.45) is 0 Å². The summed E-state index contributed by atoms with van der Waals surface area (Å²) in [6.45, 7) is -0.343. The molecule has 2 aromatic rings. The third kappa shape index (κ3) is 3.21. The lowest BCUT2D eigenvalue weighted by Gasteiger charge is -2.09. The Hall–Kier alpha value is -2.11. The fourth-order valence-corrected chi connectivity index (χ4v) is 1.66. The van der Waals surface area contributed by atoms with Crippen LogP contribution in [0.15, 0.2) is 42.5 Å². The van der Waals surface area contributed by atoms with Gasteiger partial charge >= 0.3 is 0 Å². The van der Waals surface area contributed by atoms with Crippen molar-refractivity contribution in [2.75, 3.05) is 0 Å². The van der Waals surface area contributed by atoms with Gasteiger partial charge in [-0.25, -0.2) is 0 Å². The maximum absolute atomic E-state index is 10.6. The van der Waals surface area contributed by atoms with E-state index in [0.717, 1.165) is 0 Å². The number of hydrogen-bond donors (Lipinski definition) is 1. The summed E-state index contributed by atoms with van der Waals surface area (Å²) in [5, 5.41) is 20.4. The predicted molar refractivity (Wildman–Crippen MR) is 70.5 cm³/mol. The first kappa shape index (κ1) is 13.3. The Balaban J connectivity index is 2.29. The van der Waals surface area contributed by atoms with Crippen LogP contribution >= 0.6 is 11.6 Å². The van der Waals surface area contributed by atoms with E-state index in [0.29, 0.717) is 22.1 Å². The number of halogens is 1. The molecule has 5 nitrogen and oxygen atoms in total. The molecule has 0 amide bonds. The van der Waals surface area contributed by atoms with E-state index in [1.165, 1.54) is 18.2 Å². The van der Waals surface area contributed by atoms with Gasteiger partial charge in [0.25, 0.3) is 5.69 Å². The molecule has 0 fully saturated rings. The second-order valence-corrected chi connectivity index (χ2v) is 4.20. The zero-order valence-electron chi connectivity index (χ0n) is 9.75. The van der Waals surface area contributed by atoms with Crippen LogP contribution in [0.4, 0.5) is 5.69 Å². The van der Waals surface area contributed by atoms with Gasteiger partial charge in [-0.15, -0.1) is 0 Å². The Labute approximate surface area is 114 Å². The van der Waals surface area contributed by atoms with Crippen molar-refractivity contribution >= 4 is 17.3 Å². The van der Waals surface area contributed by atoms with E-state index in [-0.39, 0.29) is 12.3 Å². The fraction of sp³-hybridized carbons (Fsp3) is 0.0769. The van der Waals surface area contributed by atoms with Gasteiger partial charge in [-0.2, -0.15) is 0 Å². The molecule has 0 aromatic heterocycles. The first-order valence-electron chi connectivity index (χ1n) is 5.42. The minimum atomic E-state index is -0.523. The van der Waals surface area contributed by atoms with E-state index in [1.54, 1.807) is 24.3 Å². The summed E-state index contributed by atoms with van der Waals surface area (Å²) >= 11 is 5.76. The molecule has 0 aliphatic carbocycles. The molecule has 0 aliphatic heterocycles. The number of ether oxygens (including phenoxy) is 1. The van der Waals surface area contributed by atoms with Gasteiger partial charge in [0.1, 0.15) is 11.5 Å². The standard InChI is InChI=1S/C13H10ClNO4/c14-10-1-4-12(5-2-10)19-13-6-3-11(15(17)18)7-9(13)8-16/h1-7,16H,8H2. The number of benzene rings is 2. The van der Waals surface area contributed by atoms with Crippen molar-refractivity contribution in [1.82, 2.24) is 0 Å². The first-order chi connectivity index (χ1) is 9.10. The van der Waals surface area contributed by atoms with E-state index in [4.69, 9.17) is 16.3 Å². The normalized spacial score (nSPS) is 10.2.